The van der Waals surface area contributed by atoms with Crippen molar-refractivity contribution in [3.63, 3.8) is 0 Å². The first-order valence-corrected chi connectivity index (χ1v) is 9.24. The van der Waals surface area contributed by atoms with Crippen LogP contribution in [0.25, 0.3) is 11.5 Å². The normalized spacial score (nSPS) is 10.5. The molecule has 0 unspecified atom stereocenters. The number of halogens is 1. The Bertz CT molecular complexity index is 941. The van der Waals surface area contributed by atoms with Gasteiger partial charge in [-0.3, -0.25) is 10.1 Å². The van der Waals surface area contributed by atoms with Crippen LogP contribution in [0.2, 0.25) is 5.02 Å². The van der Waals surface area contributed by atoms with Crippen molar-refractivity contribution in [3.8, 4) is 23.0 Å². The first-order valence-electron chi connectivity index (χ1n) is 8.86. The van der Waals surface area contributed by atoms with Crippen molar-refractivity contribution in [2.24, 2.45) is 0 Å². The van der Waals surface area contributed by atoms with Crippen LogP contribution in [0.3, 0.4) is 0 Å². The van der Waals surface area contributed by atoms with E-state index in [1.807, 2.05) is 13.8 Å². The lowest BCUT2D eigenvalue weighted by Crippen LogP contribution is -2.14. The smallest absolute Gasteiger partial charge is 0.322 e. The molecule has 0 fully saturated rings. The van der Waals surface area contributed by atoms with E-state index in [0.717, 1.165) is 5.56 Å². The number of aromatic nitrogens is 2. The van der Waals surface area contributed by atoms with Gasteiger partial charge >= 0.3 is 6.01 Å². The molecule has 0 saturated carbocycles. The molecule has 0 radical (unpaired) electrons. The highest BCUT2D eigenvalue weighted by Crippen LogP contribution is 2.32. The van der Waals surface area contributed by atoms with E-state index in [9.17, 15) is 4.79 Å². The average molecular weight is 402 g/mol. The summed E-state index contributed by atoms with van der Waals surface area (Å²) in [5.74, 6) is 1.24. The van der Waals surface area contributed by atoms with Crippen molar-refractivity contribution in [2.45, 2.75) is 20.3 Å². The zero-order chi connectivity index (χ0) is 19.9. The molecule has 28 heavy (non-hydrogen) atoms. The number of nitrogens with one attached hydrogen (secondary N) is 1. The molecule has 146 valence electrons. The number of hydrogen-bond donors (Lipinski definition) is 1. The molecule has 1 heterocycles. The minimum absolute atomic E-state index is 0.0285. The third-order valence-corrected chi connectivity index (χ3v) is 3.99. The number of benzene rings is 2. The van der Waals surface area contributed by atoms with Gasteiger partial charge in [0.05, 0.1) is 19.6 Å². The van der Waals surface area contributed by atoms with E-state index in [0.29, 0.717) is 35.3 Å². The van der Waals surface area contributed by atoms with Crippen LogP contribution in [0.5, 0.6) is 11.5 Å². The van der Waals surface area contributed by atoms with Crippen LogP contribution >= 0.6 is 11.6 Å². The van der Waals surface area contributed by atoms with E-state index >= 15 is 0 Å². The Labute approximate surface area is 167 Å². The summed E-state index contributed by atoms with van der Waals surface area (Å²) in [7, 11) is 0. The predicted molar refractivity (Wildman–Crippen MR) is 106 cm³/mol. The summed E-state index contributed by atoms with van der Waals surface area (Å²) in [5.41, 5.74) is 1.49. The second-order valence-electron chi connectivity index (χ2n) is 5.79. The molecule has 8 heteroatoms. The van der Waals surface area contributed by atoms with Crippen molar-refractivity contribution in [2.75, 3.05) is 18.5 Å². The fraction of sp³-hybridized carbons (Fsp3) is 0.250. The molecule has 0 aliphatic carbocycles. The fourth-order valence-electron chi connectivity index (χ4n) is 2.53. The molecule has 0 aliphatic rings. The van der Waals surface area contributed by atoms with Crippen molar-refractivity contribution in [1.82, 2.24) is 10.2 Å². The number of carbonyl (C=O) groups excluding carboxylic acids is 1. The highest BCUT2D eigenvalue weighted by Gasteiger charge is 2.14. The number of amides is 1. The lowest BCUT2D eigenvalue weighted by molar-refractivity contribution is -0.115. The molecule has 0 aliphatic heterocycles. The summed E-state index contributed by atoms with van der Waals surface area (Å²) in [6.07, 6.45) is 0.173. The van der Waals surface area contributed by atoms with Crippen LogP contribution in [-0.2, 0) is 11.2 Å². The molecular formula is C20H20ClN3O4. The molecule has 3 aromatic rings. The average Bonchev–Trinajstić information content (AvgIpc) is 3.14. The number of rotatable bonds is 8. The zero-order valence-electron chi connectivity index (χ0n) is 15.6. The highest BCUT2D eigenvalue weighted by molar-refractivity contribution is 6.30. The molecule has 0 atom stereocenters. The second-order valence-corrected chi connectivity index (χ2v) is 6.23. The van der Waals surface area contributed by atoms with Gasteiger partial charge in [0.25, 0.3) is 0 Å². The largest absolute Gasteiger partial charge is 0.490 e. The van der Waals surface area contributed by atoms with Gasteiger partial charge in [-0.25, -0.2) is 0 Å². The number of anilines is 1. The van der Waals surface area contributed by atoms with Crippen LogP contribution in [0.15, 0.2) is 46.9 Å². The van der Waals surface area contributed by atoms with Gasteiger partial charge in [0, 0.05) is 10.6 Å². The molecular weight excluding hydrogens is 382 g/mol. The molecule has 1 aromatic heterocycles. The van der Waals surface area contributed by atoms with Gasteiger partial charge in [-0.2, -0.15) is 0 Å². The van der Waals surface area contributed by atoms with Crippen LogP contribution in [0.4, 0.5) is 6.01 Å². The van der Waals surface area contributed by atoms with Crippen LogP contribution in [-0.4, -0.2) is 29.3 Å². The Morgan fingerprint density at radius 2 is 1.75 bits per heavy atom. The maximum atomic E-state index is 12.2. The summed E-state index contributed by atoms with van der Waals surface area (Å²) in [6, 6.07) is 12.4. The first-order chi connectivity index (χ1) is 13.6. The molecule has 7 nitrogen and oxygen atoms in total. The van der Waals surface area contributed by atoms with E-state index in [1.165, 1.54) is 0 Å². The van der Waals surface area contributed by atoms with Gasteiger partial charge in [0.15, 0.2) is 11.5 Å². The predicted octanol–water partition coefficient (Wildman–Crippen LogP) is 4.37. The number of hydrogen-bond acceptors (Lipinski definition) is 6. The molecule has 1 amide bonds. The summed E-state index contributed by atoms with van der Waals surface area (Å²) in [5, 5.41) is 11.1. The van der Waals surface area contributed by atoms with E-state index in [1.54, 1.807) is 42.5 Å². The Balaban J connectivity index is 1.70. The lowest BCUT2D eigenvalue weighted by atomic mass is 10.1. The second kappa shape index (κ2) is 9.23. The first kappa shape index (κ1) is 19.7. The van der Waals surface area contributed by atoms with Gasteiger partial charge in [-0.1, -0.05) is 28.8 Å². The zero-order valence-corrected chi connectivity index (χ0v) is 16.3. The maximum Gasteiger partial charge on any atom is 0.322 e. The summed E-state index contributed by atoms with van der Waals surface area (Å²) in [4.78, 5) is 12.2. The molecule has 0 spiro atoms. The van der Waals surface area contributed by atoms with E-state index in [4.69, 9.17) is 25.5 Å². The van der Waals surface area contributed by atoms with Crippen LogP contribution in [0, 0.1) is 0 Å². The van der Waals surface area contributed by atoms with Crippen molar-refractivity contribution >= 4 is 23.5 Å². The number of carbonyl (C=O) groups is 1. The minimum atomic E-state index is -0.265. The van der Waals surface area contributed by atoms with Crippen LogP contribution < -0.4 is 14.8 Å². The van der Waals surface area contributed by atoms with Gasteiger partial charge < -0.3 is 13.9 Å². The Hall–Kier alpha value is -3.06. The Morgan fingerprint density at radius 1 is 1.04 bits per heavy atom. The Morgan fingerprint density at radius 3 is 2.46 bits per heavy atom. The summed E-state index contributed by atoms with van der Waals surface area (Å²) < 4.78 is 16.7. The Kier molecular flexibility index (Phi) is 6.49. The van der Waals surface area contributed by atoms with Gasteiger partial charge in [-0.05, 0) is 49.7 Å². The molecule has 1 N–H and O–H groups in total. The molecule has 0 bridgehead atoms. The topological polar surface area (TPSA) is 86.5 Å². The van der Waals surface area contributed by atoms with E-state index < -0.39 is 0 Å². The SMILES string of the molecule is CCOc1ccc(-c2nnc(NC(=O)Cc3ccc(Cl)cc3)o2)cc1OCC. The summed E-state index contributed by atoms with van der Waals surface area (Å²) >= 11 is 5.85. The van der Waals surface area contributed by atoms with Crippen LogP contribution in [0.1, 0.15) is 19.4 Å². The monoisotopic (exact) mass is 401 g/mol. The van der Waals surface area contributed by atoms with Gasteiger partial charge in [0.1, 0.15) is 0 Å². The summed E-state index contributed by atoms with van der Waals surface area (Å²) in [6.45, 7) is 4.83. The van der Waals surface area contributed by atoms with E-state index in [2.05, 4.69) is 15.5 Å². The molecule has 3 rings (SSSR count). The van der Waals surface area contributed by atoms with Crippen molar-refractivity contribution in [3.05, 3.63) is 53.1 Å². The molecule has 0 saturated heterocycles. The third kappa shape index (κ3) is 5.01. The lowest BCUT2D eigenvalue weighted by Gasteiger charge is -2.11. The quantitative estimate of drug-likeness (QED) is 0.603. The molecule has 2 aromatic carbocycles. The van der Waals surface area contributed by atoms with Gasteiger partial charge in [0.2, 0.25) is 11.8 Å². The number of nitrogens with zero attached hydrogens (tertiary/aromatic N) is 2. The number of ether oxygens (including phenoxy) is 2. The van der Waals surface area contributed by atoms with Gasteiger partial charge in [-0.15, -0.1) is 5.10 Å². The maximum absolute atomic E-state index is 12.2. The van der Waals surface area contributed by atoms with Crippen molar-refractivity contribution < 1.29 is 18.7 Å². The fourth-order valence-corrected chi connectivity index (χ4v) is 2.65. The highest BCUT2D eigenvalue weighted by atomic mass is 35.5. The van der Waals surface area contributed by atoms with E-state index in [-0.39, 0.29) is 24.2 Å². The standard InChI is InChI=1S/C20H20ClN3O4/c1-3-26-16-10-7-14(12-17(16)27-4-2)19-23-24-20(28-19)22-18(25)11-13-5-8-15(21)9-6-13/h5-10,12H,3-4,11H2,1-2H3,(H,22,24,25). The van der Waals surface area contributed by atoms with Crippen molar-refractivity contribution in [1.29, 1.82) is 0 Å². The third-order valence-electron chi connectivity index (χ3n) is 3.74. The minimum Gasteiger partial charge on any atom is -0.490 e.